The number of aliphatic carboxylic acids is 1. The highest BCUT2D eigenvalue weighted by Gasteiger charge is 2.25. The molecule has 2 amide bonds. The Kier molecular flexibility index (Phi) is 5.60. The van der Waals surface area contributed by atoms with Gasteiger partial charge in [0.2, 0.25) is 11.7 Å². The molecule has 2 aromatic rings. The standard InChI is InChI=1S/C14H14F2N4O5/c1-6(21)11(13(22)23)19-14(24)17-5-10-18-12(20-25-10)8-4-7(15)2-3-9(8)16/h2-4,6,11,21H,5H2,1H3,(H,22,23)(H2,17,19,24). The molecule has 0 bridgehead atoms. The molecule has 11 heteroatoms. The number of carbonyl (C=O) groups is 2. The maximum Gasteiger partial charge on any atom is 0.328 e. The zero-order chi connectivity index (χ0) is 18.6. The summed E-state index contributed by atoms with van der Waals surface area (Å²) >= 11 is 0. The Labute approximate surface area is 139 Å². The summed E-state index contributed by atoms with van der Waals surface area (Å²) in [6.45, 7) is 0.915. The second-order valence-corrected chi connectivity index (χ2v) is 5.02. The number of aromatic nitrogens is 2. The van der Waals surface area contributed by atoms with E-state index in [2.05, 4.69) is 15.5 Å². The number of carboxylic acids is 1. The number of halogens is 2. The molecule has 2 rings (SSSR count). The quantitative estimate of drug-likeness (QED) is 0.596. The van der Waals surface area contributed by atoms with Gasteiger partial charge in [0.1, 0.15) is 11.6 Å². The Morgan fingerprint density at radius 3 is 2.72 bits per heavy atom. The van der Waals surface area contributed by atoms with E-state index in [1.165, 1.54) is 6.92 Å². The SMILES string of the molecule is CC(O)C(NC(=O)NCc1nc(-c2cc(F)ccc2F)no1)C(=O)O. The van der Waals surface area contributed by atoms with Crippen molar-refractivity contribution in [2.45, 2.75) is 25.6 Å². The van der Waals surface area contributed by atoms with E-state index in [0.717, 1.165) is 18.2 Å². The van der Waals surface area contributed by atoms with Gasteiger partial charge in [-0.25, -0.2) is 18.4 Å². The molecule has 9 nitrogen and oxygen atoms in total. The van der Waals surface area contributed by atoms with Crippen LogP contribution < -0.4 is 10.6 Å². The van der Waals surface area contributed by atoms with Gasteiger partial charge in [-0.3, -0.25) is 0 Å². The van der Waals surface area contributed by atoms with E-state index in [1.54, 1.807) is 0 Å². The second-order valence-electron chi connectivity index (χ2n) is 5.02. The van der Waals surface area contributed by atoms with E-state index in [-0.39, 0.29) is 23.8 Å². The van der Waals surface area contributed by atoms with Crippen LogP contribution >= 0.6 is 0 Å². The lowest BCUT2D eigenvalue weighted by Crippen LogP contribution is -2.51. The number of urea groups is 1. The molecule has 2 atom stereocenters. The summed E-state index contributed by atoms with van der Waals surface area (Å²) in [7, 11) is 0. The smallest absolute Gasteiger partial charge is 0.328 e. The molecule has 1 aromatic carbocycles. The minimum Gasteiger partial charge on any atom is -0.480 e. The predicted octanol–water partition coefficient (Wildman–Crippen LogP) is 0.648. The van der Waals surface area contributed by atoms with Crippen molar-refractivity contribution < 1.29 is 33.1 Å². The highest BCUT2D eigenvalue weighted by Crippen LogP contribution is 2.20. The Balaban J connectivity index is 1.99. The van der Waals surface area contributed by atoms with Crippen molar-refractivity contribution in [3.8, 4) is 11.4 Å². The van der Waals surface area contributed by atoms with Gasteiger partial charge in [0.05, 0.1) is 18.2 Å². The van der Waals surface area contributed by atoms with Crippen molar-refractivity contribution in [1.82, 2.24) is 20.8 Å². The van der Waals surface area contributed by atoms with E-state index >= 15 is 0 Å². The molecule has 0 aliphatic rings. The number of rotatable bonds is 6. The average molecular weight is 356 g/mol. The molecule has 0 aliphatic carbocycles. The van der Waals surface area contributed by atoms with Crippen LogP contribution in [0.25, 0.3) is 11.4 Å². The molecule has 2 unspecified atom stereocenters. The largest absolute Gasteiger partial charge is 0.480 e. The van der Waals surface area contributed by atoms with Crippen LogP contribution in [0.2, 0.25) is 0 Å². The van der Waals surface area contributed by atoms with Crippen LogP contribution in [-0.2, 0) is 11.3 Å². The summed E-state index contributed by atoms with van der Waals surface area (Å²) in [4.78, 5) is 26.3. The molecule has 0 saturated carbocycles. The number of benzene rings is 1. The number of hydrogen-bond acceptors (Lipinski definition) is 6. The lowest BCUT2D eigenvalue weighted by molar-refractivity contribution is -0.141. The summed E-state index contributed by atoms with van der Waals surface area (Å²) < 4.78 is 31.6. The number of hydrogen-bond donors (Lipinski definition) is 4. The third-order valence-corrected chi connectivity index (χ3v) is 3.07. The Morgan fingerprint density at radius 1 is 1.36 bits per heavy atom. The molecule has 0 fully saturated rings. The van der Waals surface area contributed by atoms with Crippen molar-refractivity contribution in [1.29, 1.82) is 0 Å². The lowest BCUT2D eigenvalue weighted by Gasteiger charge is -2.16. The first kappa shape index (κ1) is 18.3. The van der Waals surface area contributed by atoms with Crippen LogP contribution in [0.3, 0.4) is 0 Å². The van der Waals surface area contributed by atoms with Crippen LogP contribution in [0.5, 0.6) is 0 Å². The fourth-order valence-electron chi connectivity index (χ4n) is 1.84. The number of carbonyl (C=O) groups excluding carboxylic acids is 1. The Morgan fingerprint density at radius 2 is 2.08 bits per heavy atom. The molecule has 134 valence electrons. The Bertz CT molecular complexity index is 780. The van der Waals surface area contributed by atoms with Crippen LogP contribution in [0.4, 0.5) is 13.6 Å². The monoisotopic (exact) mass is 356 g/mol. The van der Waals surface area contributed by atoms with Crippen LogP contribution in [0, 0.1) is 11.6 Å². The normalized spacial score (nSPS) is 13.1. The van der Waals surface area contributed by atoms with Gasteiger partial charge in [0.25, 0.3) is 0 Å². The molecule has 4 N–H and O–H groups in total. The zero-order valence-electron chi connectivity index (χ0n) is 12.9. The fourth-order valence-corrected chi connectivity index (χ4v) is 1.84. The number of aliphatic hydroxyl groups excluding tert-OH is 1. The van der Waals surface area contributed by atoms with Gasteiger partial charge in [0, 0.05) is 0 Å². The first-order valence-corrected chi connectivity index (χ1v) is 7.01. The van der Waals surface area contributed by atoms with Gasteiger partial charge in [-0.2, -0.15) is 4.98 Å². The molecule has 25 heavy (non-hydrogen) atoms. The highest BCUT2D eigenvalue weighted by molar-refractivity contribution is 5.82. The van der Waals surface area contributed by atoms with Crippen molar-refractivity contribution in [2.75, 3.05) is 0 Å². The molecule has 0 saturated heterocycles. The van der Waals surface area contributed by atoms with Crippen LogP contribution in [-0.4, -0.2) is 44.5 Å². The van der Waals surface area contributed by atoms with Crippen LogP contribution in [0.15, 0.2) is 22.7 Å². The van der Waals surface area contributed by atoms with E-state index in [9.17, 15) is 23.5 Å². The first-order valence-electron chi connectivity index (χ1n) is 7.01. The summed E-state index contributed by atoms with van der Waals surface area (Å²) in [5, 5.41) is 25.9. The average Bonchev–Trinajstić information content (AvgIpc) is 3.01. The van der Waals surface area contributed by atoms with E-state index in [1.807, 2.05) is 5.32 Å². The summed E-state index contributed by atoms with van der Waals surface area (Å²) in [5.41, 5.74) is -0.209. The topological polar surface area (TPSA) is 138 Å². The Hall–Kier alpha value is -3.08. The lowest BCUT2D eigenvalue weighted by atomic mass is 10.2. The molecule has 0 aliphatic heterocycles. The number of nitrogens with one attached hydrogen (secondary N) is 2. The number of nitrogens with zero attached hydrogens (tertiary/aromatic N) is 2. The van der Waals surface area contributed by atoms with E-state index in [4.69, 9.17) is 9.63 Å². The molecular formula is C14H14F2N4O5. The first-order chi connectivity index (χ1) is 11.8. The molecular weight excluding hydrogens is 342 g/mol. The minimum absolute atomic E-state index is 0.113. The van der Waals surface area contributed by atoms with Gasteiger partial charge in [-0.05, 0) is 25.1 Å². The molecule has 1 aromatic heterocycles. The van der Waals surface area contributed by atoms with Gasteiger partial charge in [0.15, 0.2) is 6.04 Å². The molecule has 1 heterocycles. The summed E-state index contributed by atoms with van der Waals surface area (Å²) in [6, 6.07) is 0.343. The fraction of sp³-hybridized carbons (Fsp3) is 0.286. The number of amides is 2. The minimum atomic E-state index is -1.50. The van der Waals surface area contributed by atoms with Crippen molar-refractivity contribution in [3.63, 3.8) is 0 Å². The van der Waals surface area contributed by atoms with Crippen molar-refractivity contribution in [2.24, 2.45) is 0 Å². The molecule has 0 spiro atoms. The zero-order valence-corrected chi connectivity index (χ0v) is 12.9. The number of carboxylic acid groups (broad SMARTS) is 1. The maximum atomic E-state index is 13.6. The molecule has 0 radical (unpaired) electrons. The maximum absolute atomic E-state index is 13.6. The second kappa shape index (κ2) is 7.66. The van der Waals surface area contributed by atoms with Crippen molar-refractivity contribution >= 4 is 12.0 Å². The van der Waals surface area contributed by atoms with Gasteiger partial charge in [-0.15, -0.1) is 0 Å². The van der Waals surface area contributed by atoms with Crippen molar-refractivity contribution in [3.05, 3.63) is 35.7 Å². The predicted molar refractivity (Wildman–Crippen MR) is 78.1 cm³/mol. The third-order valence-electron chi connectivity index (χ3n) is 3.07. The highest BCUT2D eigenvalue weighted by atomic mass is 19.1. The van der Waals surface area contributed by atoms with Gasteiger partial charge in [-0.1, -0.05) is 5.16 Å². The third kappa shape index (κ3) is 4.70. The number of aliphatic hydroxyl groups is 1. The van der Waals surface area contributed by atoms with E-state index < -0.39 is 35.8 Å². The van der Waals surface area contributed by atoms with Gasteiger partial charge >= 0.3 is 12.0 Å². The summed E-state index contributed by atoms with van der Waals surface area (Å²) in [5.74, 6) is -3.16. The summed E-state index contributed by atoms with van der Waals surface area (Å²) in [6.07, 6.45) is -1.31. The van der Waals surface area contributed by atoms with Gasteiger partial charge < -0.3 is 25.4 Å². The van der Waals surface area contributed by atoms with Crippen LogP contribution in [0.1, 0.15) is 12.8 Å². The van der Waals surface area contributed by atoms with E-state index in [0.29, 0.717) is 0 Å².